The third-order valence-electron chi connectivity index (χ3n) is 2.52. The van der Waals surface area contributed by atoms with Crippen LogP contribution in [0.5, 0.6) is 0 Å². The lowest BCUT2D eigenvalue weighted by Gasteiger charge is -2.05. The van der Waals surface area contributed by atoms with E-state index in [2.05, 4.69) is 23.9 Å². The molecule has 0 amide bonds. The Kier molecular flexibility index (Phi) is 2.92. The SMILES string of the molecule is CC(C)Cc1nc2c(C(C)N)cccn2n1. The maximum Gasteiger partial charge on any atom is 0.160 e. The number of nitrogens with zero attached hydrogens (tertiary/aromatic N) is 3. The molecule has 2 heterocycles. The second kappa shape index (κ2) is 4.22. The van der Waals surface area contributed by atoms with Gasteiger partial charge in [-0.25, -0.2) is 9.50 Å². The van der Waals surface area contributed by atoms with E-state index in [0.29, 0.717) is 5.92 Å². The molecule has 2 aromatic heterocycles. The number of rotatable bonds is 3. The summed E-state index contributed by atoms with van der Waals surface area (Å²) in [5, 5.41) is 4.45. The highest BCUT2D eigenvalue weighted by Gasteiger charge is 2.11. The summed E-state index contributed by atoms with van der Waals surface area (Å²) in [7, 11) is 0. The minimum absolute atomic E-state index is 0.0141. The molecule has 1 atom stereocenters. The van der Waals surface area contributed by atoms with Crippen molar-refractivity contribution in [3.05, 3.63) is 29.7 Å². The average Bonchev–Trinajstić information content (AvgIpc) is 2.57. The standard InChI is InChI=1S/C12H18N4/c1-8(2)7-11-14-12-10(9(3)13)5-4-6-16(12)15-11/h4-6,8-9H,7,13H2,1-3H3. The Morgan fingerprint density at radius 1 is 1.38 bits per heavy atom. The monoisotopic (exact) mass is 218 g/mol. The minimum Gasteiger partial charge on any atom is -0.324 e. The molecule has 1 unspecified atom stereocenters. The highest BCUT2D eigenvalue weighted by Crippen LogP contribution is 2.16. The van der Waals surface area contributed by atoms with Crippen LogP contribution in [0.3, 0.4) is 0 Å². The minimum atomic E-state index is -0.0141. The normalized spacial score (nSPS) is 13.6. The molecule has 0 fully saturated rings. The van der Waals surface area contributed by atoms with Gasteiger partial charge in [-0.05, 0) is 18.9 Å². The molecule has 2 rings (SSSR count). The van der Waals surface area contributed by atoms with Crippen LogP contribution >= 0.6 is 0 Å². The zero-order chi connectivity index (χ0) is 11.7. The lowest BCUT2D eigenvalue weighted by Crippen LogP contribution is -2.07. The van der Waals surface area contributed by atoms with Crippen molar-refractivity contribution in [2.45, 2.75) is 33.2 Å². The van der Waals surface area contributed by atoms with E-state index in [1.54, 1.807) is 0 Å². The van der Waals surface area contributed by atoms with Crippen LogP contribution < -0.4 is 5.73 Å². The number of aromatic nitrogens is 3. The van der Waals surface area contributed by atoms with Gasteiger partial charge in [-0.1, -0.05) is 19.9 Å². The highest BCUT2D eigenvalue weighted by molar-refractivity contribution is 5.48. The average molecular weight is 218 g/mol. The van der Waals surface area contributed by atoms with E-state index in [4.69, 9.17) is 5.73 Å². The summed E-state index contributed by atoms with van der Waals surface area (Å²) in [5.41, 5.74) is 7.84. The summed E-state index contributed by atoms with van der Waals surface area (Å²) in [5.74, 6) is 1.46. The molecule has 0 saturated carbocycles. The van der Waals surface area contributed by atoms with Crippen molar-refractivity contribution < 1.29 is 0 Å². The van der Waals surface area contributed by atoms with Gasteiger partial charge in [0, 0.05) is 24.2 Å². The van der Waals surface area contributed by atoms with Crippen LogP contribution in [0.1, 0.15) is 38.2 Å². The summed E-state index contributed by atoms with van der Waals surface area (Å²) >= 11 is 0. The number of pyridine rings is 1. The molecule has 0 aliphatic heterocycles. The molecule has 86 valence electrons. The predicted octanol–water partition coefficient (Wildman–Crippen LogP) is 1.95. The van der Waals surface area contributed by atoms with E-state index in [1.165, 1.54) is 0 Å². The first-order valence-electron chi connectivity index (χ1n) is 5.67. The summed E-state index contributed by atoms with van der Waals surface area (Å²) in [6.45, 7) is 6.29. The van der Waals surface area contributed by atoms with Gasteiger partial charge < -0.3 is 5.73 Å². The molecule has 2 N–H and O–H groups in total. The van der Waals surface area contributed by atoms with Gasteiger partial charge >= 0.3 is 0 Å². The third kappa shape index (κ3) is 2.07. The van der Waals surface area contributed by atoms with Gasteiger partial charge in [0.05, 0.1) is 0 Å². The van der Waals surface area contributed by atoms with Gasteiger partial charge in [0.2, 0.25) is 0 Å². The van der Waals surface area contributed by atoms with Crippen LogP contribution in [0.25, 0.3) is 5.65 Å². The number of hydrogen-bond acceptors (Lipinski definition) is 3. The molecule has 4 heteroatoms. The second-order valence-electron chi connectivity index (χ2n) is 4.65. The van der Waals surface area contributed by atoms with E-state index in [9.17, 15) is 0 Å². The Hall–Kier alpha value is -1.42. The number of nitrogens with two attached hydrogens (primary N) is 1. The highest BCUT2D eigenvalue weighted by atomic mass is 15.3. The molecule has 0 bridgehead atoms. The van der Waals surface area contributed by atoms with Crippen LogP contribution in [0.15, 0.2) is 18.3 Å². The van der Waals surface area contributed by atoms with Gasteiger partial charge in [0.25, 0.3) is 0 Å². The van der Waals surface area contributed by atoms with Crippen LogP contribution in [0, 0.1) is 5.92 Å². The fourth-order valence-electron chi connectivity index (χ4n) is 1.78. The first kappa shape index (κ1) is 11.1. The number of hydrogen-bond donors (Lipinski definition) is 1. The Bertz CT molecular complexity index is 485. The van der Waals surface area contributed by atoms with Crippen molar-refractivity contribution >= 4 is 5.65 Å². The zero-order valence-corrected chi connectivity index (χ0v) is 10.0. The molecule has 0 aromatic carbocycles. The predicted molar refractivity (Wildman–Crippen MR) is 64.1 cm³/mol. The molecule has 0 radical (unpaired) electrons. The van der Waals surface area contributed by atoms with Crippen molar-refractivity contribution in [3.63, 3.8) is 0 Å². The van der Waals surface area contributed by atoms with E-state index in [-0.39, 0.29) is 6.04 Å². The fraction of sp³-hybridized carbons (Fsp3) is 0.500. The van der Waals surface area contributed by atoms with Crippen molar-refractivity contribution in [3.8, 4) is 0 Å². The summed E-state index contributed by atoms with van der Waals surface area (Å²) < 4.78 is 1.82. The fourth-order valence-corrected chi connectivity index (χ4v) is 1.78. The van der Waals surface area contributed by atoms with E-state index in [1.807, 2.05) is 29.8 Å². The first-order valence-corrected chi connectivity index (χ1v) is 5.67. The molecule has 0 aliphatic carbocycles. The molecule has 4 nitrogen and oxygen atoms in total. The summed E-state index contributed by atoms with van der Waals surface area (Å²) in [4.78, 5) is 4.55. The van der Waals surface area contributed by atoms with Crippen LogP contribution in [0.2, 0.25) is 0 Å². The molecule has 0 saturated heterocycles. The van der Waals surface area contributed by atoms with Gasteiger partial charge in [-0.15, -0.1) is 0 Å². The van der Waals surface area contributed by atoms with Crippen LogP contribution in [0.4, 0.5) is 0 Å². The van der Waals surface area contributed by atoms with Gasteiger partial charge in [0.15, 0.2) is 11.5 Å². The van der Waals surface area contributed by atoms with Gasteiger partial charge in [-0.3, -0.25) is 0 Å². The second-order valence-corrected chi connectivity index (χ2v) is 4.65. The Labute approximate surface area is 95.5 Å². The molecule has 2 aromatic rings. The van der Waals surface area contributed by atoms with Crippen molar-refractivity contribution in [2.24, 2.45) is 11.7 Å². The van der Waals surface area contributed by atoms with E-state index < -0.39 is 0 Å². The van der Waals surface area contributed by atoms with Crippen molar-refractivity contribution in [1.29, 1.82) is 0 Å². The maximum atomic E-state index is 5.91. The molecule has 0 spiro atoms. The van der Waals surface area contributed by atoms with Crippen LogP contribution in [-0.4, -0.2) is 14.6 Å². The largest absolute Gasteiger partial charge is 0.324 e. The Morgan fingerprint density at radius 3 is 2.75 bits per heavy atom. The maximum absolute atomic E-state index is 5.91. The molecular weight excluding hydrogens is 200 g/mol. The van der Waals surface area contributed by atoms with Crippen LogP contribution in [-0.2, 0) is 6.42 Å². The number of fused-ring (bicyclic) bond motifs is 1. The first-order chi connectivity index (χ1) is 7.58. The van der Waals surface area contributed by atoms with Crippen molar-refractivity contribution in [2.75, 3.05) is 0 Å². The lowest BCUT2D eigenvalue weighted by atomic mass is 10.1. The van der Waals surface area contributed by atoms with E-state index >= 15 is 0 Å². The summed E-state index contributed by atoms with van der Waals surface area (Å²) in [6.07, 6.45) is 2.82. The molecule has 16 heavy (non-hydrogen) atoms. The van der Waals surface area contributed by atoms with Gasteiger partial charge in [0.1, 0.15) is 0 Å². The molecular formula is C12H18N4. The van der Waals surface area contributed by atoms with E-state index in [0.717, 1.165) is 23.5 Å². The third-order valence-corrected chi connectivity index (χ3v) is 2.52. The Morgan fingerprint density at radius 2 is 2.12 bits per heavy atom. The smallest absolute Gasteiger partial charge is 0.160 e. The Balaban J connectivity index is 2.48. The molecule has 0 aliphatic rings. The summed E-state index contributed by atoms with van der Waals surface area (Å²) in [6, 6.07) is 3.95. The van der Waals surface area contributed by atoms with Crippen molar-refractivity contribution in [1.82, 2.24) is 14.6 Å². The van der Waals surface area contributed by atoms with Gasteiger partial charge in [-0.2, -0.15) is 5.10 Å². The quantitative estimate of drug-likeness (QED) is 0.856. The lowest BCUT2D eigenvalue weighted by molar-refractivity contribution is 0.620. The zero-order valence-electron chi connectivity index (χ0n) is 10.0. The topological polar surface area (TPSA) is 56.2 Å².